The SMILES string of the molecule is NC(=NCCC1CCCCC1)N1CCN(c2nccs2)CC1. The largest absolute Gasteiger partial charge is 0.370 e. The first-order chi connectivity index (χ1) is 10.8. The summed E-state index contributed by atoms with van der Waals surface area (Å²) >= 11 is 1.70. The molecule has 0 bridgehead atoms. The third kappa shape index (κ3) is 4.12. The van der Waals surface area contributed by atoms with Crippen LogP contribution in [0.3, 0.4) is 0 Å². The molecule has 1 saturated heterocycles. The molecule has 1 aromatic heterocycles. The lowest BCUT2D eigenvalue weighted by Crippen LogP contribution is -2.51. The fourth-order valence-electron chi connectivity index (χ4n) is 3.44. The smallest absolute Gasteiger partial charge is 0.191 e. The van der Waals surface area contributed by atoms with Gasteiger partial charge in [-0.15, -0.1) is 11.3 Å². The van der Waals surface area contributed by atoms with Gasteiger partial charge in [0.05, 0.1) is 0 Å². The maximum Gasteiger partial charge on any atom is 0.191 e. The molecule has 0 radical (unpaired) electrons. The van der Waals surface area contributed by atoms with Gasteiger partial charge < -0.3 is 15.5 Å². The highest BCUT2D eigenvalue weighted by molar-refractivity contribution is 7.13. The Hall–Kier alpha value is -1.30. The molecule has 0 aromatic carbocycles. The van der Waals surface area contributed by atoms with Crippen LogP contribution in [0.1, 0.15) is 38.5 Å². The highest BCUT2D eigenvalue weighted by Crippen LogP contribution is 2.26. The Morgan fingerprint density at radius 1 is 1.23 bits per heavy atom. The molecule has 0 unspecified atom stereocenters. The summed E-state index contributed by atoms with van der Waals surface area (Å²) in [7, 11) is 0. The highest BCUT2D eigenvalue weighted by atomic mass is 32.1. The average molecular weight is 321 g/mol. The first kappa shape index (κ1) is 15.6. The summed E-state index contributed by atoms with van der Waals surface area (Å²) in [6.07, 6.45) is 10.1. The minimum atomic E-state index is 0.731. The molecule has 3 rings (SSSR count). The lowest BCUT2D eigenvalue weighted by Gasteiger charge is -2.35. The Kier molecular flexibility index (Phi) is 5.53. The van der Waals surface area contributed by atoms with E-state index in [0.717, 1.165) is 49.7 Å². The van der Waals surface area contributed by atoms with Gasteiger partial charge in [0.1, 0.15) is 0 Å². The van der Waals surface area contributed by atoms with Gasteiger partial charge in [0.25, 0.3) is 0 Å². The van der Waals surface area contributed by atoms with Crippen molar-refractivity contribution in [3.05, 3.63) is 11.6 Å². The maximum absolute atomic E-state index is 6.17. The fourth-order valence-corrected chi connectivity index (χ4v) is 4.13. The van der Waals surface area contributed by atoms with Gasteiger partial charge in [-0.2, -0.15) is 0 Å². The van der Waals surface area contributed by atoms with Crippen molar-refractivity contribution in [1.82, 2.24) is 9.88 Å². The molecule has 1 aliphatic carbocycles. The van der Waals surface area contributed by atoms with E-state index >= 15 is 0 Å². The van der Waals surface area contributed by atoms with E-state index in [2.05, 4.69) is 19.8 Å². The molecule has 2 heterocycles. The number of piperazine rings is 1. The van der Waals surface area contributed by atoms with E-state index in [4.69, 9.17) is 5.73 Å². The van der Waals surface area contributed by atoms with E-state index in [1.165, 1.54) is 38.5 Å². The minimum Gasteiger partial charge on any atom is -0.370 e. The van der Waals surface area contributed by atoms with Gasteiger partial charge in [0, 0.05) is 44.3 Å². The molecule has 1 aliphatic heterocycles. The van der Waals surface area contributed by atoms with Crippen molar-refractivity contribution >= 4 is 22.4 Å². The summed E-state index contributed by atoms with van der Waals surface area (Å²) < 4.78 is 0. The molecule has 1 aromatic rings. The maximum atomic E-state index is 6.17. The average Bonchev–Trinajstić information content (AvgIpc) is 3.10. The van der Waals surface area contributed by atoms with E-state index in [1.807, 2.05) is 11.6 Å². The molecule has 0 amide bonds. The number of aromatic nitrogens is 1. The number of hydrogen-bond acceptors (Lipinski definition) is 4. The van der Waals surface area contributed by atoms with Gasteiger partial charge in [0.2, 0.25) is 0 Å². The second-order valence-electron chi connectivity index (χ2n) is 6.32. The number of rotatable bonds is 4. The number of nitrogens with zero attached hydrogens (tertiary/aromatic N) is 4. The number of anilines is 1. The predicted octanol–water partition coefficient (Wildman–Crippen LogP) is 2.55. The van der Waals surface area contributed by atoms with Crippen molar-refractivity contribution in [3.63, 3.8) is 0 Å². The Morgan fingerprint density at radius 3 is 2.68 bits per heavy atom. The van der Waals surface area contributed by atoms with Gasteiger partial charge in [-0.05, 0) is 12.3 Å². The van der Waals surface area contributed by atoms with E-state index < -0.39 is 0 Å². The second kappa shape index (κ2) is 7.81. The minimum absolute atomic E-state index is 0.731. The van der Waals surface area contributed by atoms with Crippen LogP contribution < -0.4 is 10.6 Å². The van der Waals surface area contributed by atoms with Crippen LogP contribution >= 0.6 is 11.3 Å². The van der Waals surface area contributed by atoms with E-state index in [1.54, 1.807) is 11.3 Å². The van der Waals surface area contributed by atoms with Crippen molar-refractivity contribution in [3.8, 4) is 0 Å². The third-order valence-corrected chi connectivity index (χ3v) is 5.66. The number of hydrogen-bond donors (Lipinski definition) is 1. The topological polar surface area (TPSA) is 57.8 Å². The van der Waals surface area contributed by atoms with Gasteiger partial charge in [0.15, 0.2) is 11.1 Å². The Labute approximate surface area is 137 Å². The standard InChI is InChI=1S/C16H27N5S/c17-15(18-7-6-14-4-2-1-3-5-14)20-9-11-21(12-10-20)16-19-8-13-22-16/h8,13-14H,1-7,9-12H2,(H2,17,18). The van der Waals surface area contributed by atoms with Crippen LogP contribution in [0.5, 0.6) is 0 Å². The third-order valence-electron chi connectivity index (χ3n) is 4.83. The first-order valence-corrected chi connectivity index (χ1v) is 9.40. The van der Waals surface area contributed by atoms with Crippen molar-refractivity contribution in [1.29, 1.82) is 0 Å². The Bertz CT molecular complexity index is 459. The lowest BCUT2D eigenvalue weighted by molar-refractivity contribution is 0.341. The molecule has 0 spiro atoms. The number of guanidine groups is 1. The Morgan fingerprint density at radius 2 is 2.00 bits per heavy atom. The molecule has 5 nitrogen and oxygen atoms in total. The summed E-state index contributed by atoms with van der Waals surface area (Å²) in [5.74, 6) is 1.61. The number of aliphatic imine (C=N–C) groups is 1. The fraction of sp³-hybridized carbons (Fsp3) is 0.750. The quantitative estimate of drug-likeness (QED) is 0.684. The molecule has 0 atom stereocenters. The summed E-state index contributed by atoms with van der Waals surface area (Å²) in [6.45, 7) is 4.73. The number of thiazole rings is 1. The van der Waals surface area contributed by atoms with Crippen LogP contribution in [0, 0.1) is 5.92 Å². The van der Waals surface area contributed by atoms with Crippen molar-refractivity contribution < 1.29 is 0 Å². The van der Waals surface area contributed by atoms with Crippen LogP contribution in [0.4, 0.5) is 5.13 Å². The molecule has 122 valence electrons. The number of nitrogens with two attached hydrogens (primary N) is 1. The zero-order valence-corrected chi connectivity index (χ0v) is 14.1. The van der Waals surface area contributed by atoms with Crippen LogP contribution in [-0.2, 0) is 0 Å². The molecule has 2 N–H and O–H groups in total. The summed E-state index contributed by atoms with van der Waals surface area (Å²) in [5, 5.41) is 3.15. The van der Waals surface area contributed by atoms with E-state index in [0.29, 0.717) is 0 Å². The molecule has 22 heavy (non-hydrogen) atoms. The van der Waals surface area contributed by atoms with Gasteiger partial charge >= 0.3 is 0 Å². The molecular formula is C16H27N5S. The van der Waals surface area contributed by atoms with Crippen LogP contribution in [0.25, 0.3) is 0 Å². The van der Waals surface area contributed by atoms with Crippen LogP contribution in [0.2, 0.25) is 0 Å². The molecule has 6 heteroatoms. The van der Waals surface area contributed by atoms with Crippen molar-refractivity contribution in [2.75, 3.05) is 37.6 Å². The summed E-state index contributed by atoms with van der Waals surface area (Å²) in [5.41, 5.74) is 6.17. The summed E-state index contributed by atoms with van der Waals surface area (Å²) in [6, 6.07) is 0. The molecule has 2 aliphatic rings. The molecule has 2 fully saturated rings. The zero-order chi connectivity index (χ0) is 15.2. The van der Waals surface area contributed by atoms with Crippen LogP contribution in [-0.4, -0.2) is 48.6 Å². The van der Waals surface area contributed by atoms with Crippen molar-refractivity contribution in [2.45, 2.75) is 38.5 Å². The van der Waals surface area contributed by atoms with Gasteiger partial charge in [-0.25, -0.2) is 4.98 Å². The molecule has 1 saturated carbocycles. The second-order valence-corrected chi connectivity index (χ2v) is 7.19. The first-order valence-electron chi connectivity index (χ1n) is 8.52. The normalized spacial score (nSPS) is 21.4. The predicted molar refractivity (Wildman–Crippen MR) is 93.6 cm³/mol. The van der Waals surface area contributed by atoms with E-state index in [9.17, 15) is 0 Å². The monoisotopic (exact) mass is 321 g/mol. The Balaban J connectivity index is 1.41. The van der Waals surface area contributed by atoms with Crippen LogP contribution in [0.15, 0.2) is 16.6 Å². The highest BCUT2D eigenvalue weighted by Gasteiger charge is 2.20. The van der Waals surface area contributed by atoms with Crippen molar-refractivity contribution in [2.24, 2.45) is 16.6 Å². The van der Waals surface area contributed by atoms with Gasteiger partial charge in [-0.3, -0.25) is 4.99 Å². The summed E-state index contributed by atoms with van der Waals surface area (Å²) in [4.78, 5) is 13.5. The lowest BCUT2D eigenvalue weighted by atomic mass is 9.87. The molecular weight excluding hydrogens is 294 g/mol. The van der Waals surface area contributed by atoms with E-state index in [-0.39, 0.29) is 0 Å². The zero-order valence-electron chi connectivity index (χ0n) is 13.3. The van der Waals surface area contributed by atoms with Gasteiger partial charge in [-0.1, -0.05) is 32.1 Å².